The van der Waals surface area contributed by atoms with E-state index in [9.17, 15) is 13.6 Å². The Morgan fingerprint density at radius 2 is 1.90 bits per heavy atom. The van der Waals surface area contributed by atoms with Gasteiger partial charge in [0, 0.05) is 21.6 Å². The van der Waals surface area contributed by atoms with Crippen LogP contribution < -0.4 is 9.47 Å². The third kappa shape index (κ3) is 4.17. The lowest BCUT2D eigenvalue weighted by Crippen LogP contribution is -2.28. The first-order valence-electron chi connectivity index (χ1n) is 9.33. The van der Waals surface area contributed by atoms with Gasteiger partial charge in [-0.1, -0.05) is 32.4 Å². The van der Waals surface area contributed by atoms with E-state index in [4.69, 9.17) is 26.2 Å². The van der Waals surface area contributed by atoms with Crippen molar-refractivity contribution in [3.05, 3.63) is 57.6 Å². The van der Waals surface area contributed by atoms with Gasteiger partial charge in [0.15, 0.2) is 17.4 Å². The van der Waals surface area contributed by atoms with Gasteiger partial charge in [0.25, 0.3) is 0 Å². The van der Waals surface area contributed by atoms with Crippen molar-refractivity contribution in [3.8, 4) is 11.5 Å². The minimum atomic E-state index is -1.03. The Kier molecular flexibility index (Phi) is 5.77. The summed E-state index contributed by atoms with van der Waals surface area (Å²) in [6.07, 6.45) is -0.0646. The number of fused-ring (bicyclic) bond motifs is 1. The van der Waals surface area contributed by atoms with Crippen LogP contribution in [0, 0.1) is 17.6 Å². The van der Waals surface area contributed by atoms with Crippen molar-refractivity contribution in [1.82, 2.24) is 0 Å². The van der Waals surface area contributed by atoms with Crippen molar-refractivity contribution in [1.29, 1.82) is 0 Å². The van der Waals surface area contributed by atoms with Gasteiger partial charge in [0.05, 0.1) is 5.92 Å². The van der Waals surface area contributed by atoms with E-state index in [0.29, 0.717) is 16.3 Å². The zero-order valence-corrected chi connectivity index (χ0v) is 17.4. The number of ether oxygens (including phenoxy) is 2. The standard InChI is InChI=1S/C22H23ClF2O4/c1-11(21(26)27)5-13-6-17(24)20(18(25)7-13)28-10-14-8-15(23)9-16-19(14)29-12(2)22(16,3)4/h6-9,11-12H,5,10H2,1-4H3,(H,26,27). The Bertz CT molecular complexity index is 935. The highest BCUT2D eigenvalue weighted by molar-refractivity contribution is 6.30. The van der Waals surface area contributed by atoms with Crippen LogP contribution in [0.4, 0.5) is 8.78 Å². The number of aliphatic carboxylic acids is 1. The minimum absolute atomic E-state index is 0.0199. The highest BCUT2D eigenvalue weighted by Gasteiger charge is 2.40. The summed E-state index contributed by atoms with van der Waals surface area (Å²) in [7, 11) is 0. The molecule has 1 N–H and O–H groups in total. The molecule has 3 rings (SSSR count). The van der Waals surface area contributed by atoms with Crippen LogP contribution in [0.25, 0.3) is 0 Å². The van der Waals surface area contributed by atoms with E-state index in [0.717, 1.165) is 17.7 Å². The van der Waals surface area contributed by atoms with E-state index in [1.54, 1.807) is 6.07 Å². The van der Waals surface area contributed by atoms with Crippen LogP contribution in [-0.2, 0) is 23.2 Å². The first-order valence-corrected chi connectivity index (χ1v) is 9.71. The van der Waals surface area contributed by atoms with E-state index < -0.39 is 29.3 Å². The van der Waals surface area contributed by atoms with Crippen molar-refractivity contribution < 1.29 is 28.2 Å². The monoisotopic (exact) mass is 424 g/mol. The molecule has 0 saturated heterocycles. The second kappa shape index (κ2) is 7.82. The fourth-order valence-corrected chi connectivity index (χ4v) is 3.62. The molecule has 2 aromatic carbocycles. The number of rotatable bonds is 6. The molecule has 0 radical (unpaired) electrons. The zero-order chi connectivity index (χ0) is 21.5. The van der Waals surface area contributed by atoms with E-state index in [-0.39, 0.29) is 30.1 Å². The molecule has 1 aliphatic heterocycles. The molecule has 0 spiro atoms. The summed E-state index contributed by atoms with van der Waals surface area (Å²) in [5.41, 5.74) is 1.53. The molecule has 2 atom stereocenters. The van der Waals surface area contributed by atoms with Gasteiger partial charge in [-0.2, -0.15) is 0 Å². The first kappa shape index (κ1) is 21.4. The quantitative estimate of drug-likeness (QED) is 0.663. The lowest BCUT2D eigenvalue weighted by molar-refractivity contribution is -0.141. The fraction of sp³-hybridized carbons (Fsp3) is 0.409. The maximum atomic E-state index is 14.4. The molecular formula is C22H23ClF2O4. The number of benzene rings is 2. The van der Waals surface area contributed by atoms with Gasteiger partial charge in [-0.05, 0) is 43.2 Å². The number of carboxylic acid groups (broad SMARTS) is 1. The average Bonchev–Trinajstić information content (AvgIpc) is 2.84. The zero-order valence-electron chi connectivity index (χ0n) is 16.7. The van der Waals surface area contributed by atoms with Gasteiger partial charge in [-0.25, -0.2) is 8.78 Å². The fourth-order valence-electron chi connectivity index (χ4n) is 3.38. The van der Waals surface area contributed by atoms with Crippen LogP contribution in [0.2, 0.25) is 5.02 Å². The molecule has 0 fully saturated rings. The van der Waals surface area contributed by atoms with Crippen LogP contribution in [0.3, 0.4) is 0 Å². The summed E-state index contributed by atoms with van der Waals surface area (Å²) in [6, 6.07) is 5.70. The second-order valence-corrected chi connectivity index (χ2v) is 8.48. The Labute approximate surface area is 173 Å². The summed E-state index contributed by atoms with van der Waals surface area (Å²) < 4.78 is 40.3. The molecule has 29 heavy (non-hydrogen) atoms. The third-order valence-corrected chi connectivity index (χ3v) is 5.75. The lowest BCUT2D eigenvalue weighted by Gasteiger charge is -2.22. The van der Waals surface area contributed by atoms with Gasteiger partial charge >= 0.3 is 5.97 Å². The SMILES string of the molecule is CC(Cc1cc(F)c(OCc2cc(Cl)cc3c2OC(C)C3(C)C)c(F)c1)C(=O)O. The molecule has 0 aliphatic carbocycles. The van der Waals surface area contributed by atoms with Crippen molar-refractivity contribution in [2.45, 2.75) is 52.2 Å². The molecule has 2 aromatic rings. The van der Waals surface area contributed by atoms with Crippen molar-refractivity contribution in [3.63, 3.8) is 0 Å². The number of carbonyl (C=O) groups is 1. The summed E-state index contributed by atoms with van der Waals surface area (Å²) in [5.74, 6) is -3.44. The van der Waals surface area contributed by atoms with Crippen LogP contribution >= 0.6 is 11.6 Å². The predicted octanol–water partition coefficient (Wildman–Crippen LogP) is 5.52. The topological polar surface area (TPSA) is 55.8 Å². The van der Waals surface area contributed by atoms with Crippen molar-refractivity contribution >= 4 is 17.6 Å². The molecule has 4 nitrogen and oxygen atoms in total. The minimum Gasteiger partial charge on any atom is -0.489 e. The van der Waals surface area contributed by atoms with Gasteiger partial charge in [-0.15, -0.1) is 0 Å². The Balaban J connectivity index is 1.84. The molecular weight excluding hydrogens is 402 g/mol. The summed E-state index contributed by atoms with van der Waals surface area (Å²) in [4.78, 5) is 11.0. The number of hydrogen-bond donors (Lipinski definition) is 1. The second-order valence-electron chi connectivity index (χ2n) is 8.04. The summed E-state index contributed by atoms with van der Waals surface area (Å²) in [5, 5.41) is 9.46. The average molecular weight is 425 g/mol. The number of halogens is 3. The number of hydrogen-bond acceptors (Lipinski definition) is 3. The highest BCUT2D eigenvalue weighted by Crippen LogP contribution is 2.46. The van der Waals surface area contributed by atoms with Crippen LogP contribution in [0.1, 0.15) is 44.4 Å². The van der Waals surface area contributed by atoms with E-state index in [2.05, 4.69) is 0 Å². The van der Waals surface area contributed by atoms with Crippen LogP contribution in [0.15, 0.2) is 24.3 Å². The molecule has 156 valence electrons. The molecule has 0 aromatic heterocycles. The third-order valence-electron chi connectivity index (χ3n) is 5.53. The predicted molar refractivity (Wildman–Crippen MR) is 106 cm³/mol. The molecule has 0 bridgehead atoms. The molecule has 0 saturated carbocycles. The van der Waals surface area contributed by atoms with E-state index >= 15 is 0 Å². The maximum absolute atomic E-state index is 14.4. The van der Waals surface area contributed by atoms with Gasteiger partial charge in [-0.3, -0.25) is 4.79 Å². The first-order chi connectivity index (χ1) is 13.5. The molecule has 0 amide bonds. The Morgan fingerprint density at radius 3 is 2.48 bits per heavy atom. The largest absolute Gasteiger partial charge is 0.489 e. The molecule has 1 heterocycles. The summed E-state index contributed by atoms with van der Waals surface area (Å²) in [6.45, 7) is 7.39. The van der Waals surface area contributed by atoms with E-state index in [1.165, 1.54) is 6.92 Å². The Morgan fingerprint density at radius 1 is 1.28 bits per heavy atom. The van der Waals surface area contributed by atoms with Crippen molar-refractivity contribution in [2.24, 2.45) is 5.92 Å². The van der Waals surface area contributed by atoms with Gasteiger partial charge in [0.2, 0.25) is 0 Å². The van der Waals surface area contributed by atoms with Crippen LogP contribution in [-0.4, -0.2) is 17.2 Å². The smallest absolute Gasteiger partial charge is 0.306 e. The molecule has 2 unspecified atom stereocenters. The highest BCUT2D eigenvalue weighted by atomic mass is 35.5. The number of carboxylic acids is 1. The van der Waals surface area contributed by atoms with Crippen molar-refractivity contribution in [2.75, 3.05) is 0 Å². The molecule has 7 heteroatoms. The van der Waals surface area contributed by atoms with Crippen LogP contribution in [0.5, 0.6) is 11.5 Å². The maximum Gasteiger partial charge on any atom is 0.306 e. The summed E-state index contributed by atoms with van der Waals surface area (Å²) >= 11 is 6.24. The normalized spacial score (nSPS) is 18.1. The van der Waals surface area contributed by atoms with E-state index in [1.807, 2.05) is 26.8 Å². The van der Waals surface area contributed by atoms with Gasteiger partial charge in [0.1, 0.15) is 18.5 Å². The lowest BCUT2D eigenvalue weighted by atomic mass is 9.81. The molecule has 1 aliphatic rings. The van der Waals surface area contributed by atoms with Gasteiger partial charge < -0.3 is 14.6 Å². The Hall–Kier alpha value is -2.34.